The molecule has 1 amide bonds. The van der Waals surface area contributed by atoms with Crippen LogP contribution in [0.5, 0.6) is 0 Å². The van der Waals surface area contributed by atoms with Crippen LogP contribution in [0.3, 0.4) is 0 Å². The predicted octanol–water partition coefficient (Wildman–Crippen LogP) is 0.0631. The molecule has 0 bridgehead atoms. The number of nitriles is 1. The minimum atomic E-state index is -0.246. The van der Waals surface area contributed by atoms with Crippen molar-refractivity contribution in [2.45, 2.75) is 18.9 Å². The second-order valence-electron chi connectivity index (χ2n) is 3.81. The number of nitrogens with one attached hydrogen (secondary N) is 1. The summed E-state index contributed by atoms with van der Waals surface area (Å²) < 4.78 is 0. The first-order valence-electron chi connectivity index (χ1n) is 5.47. The van der Waals surface area contributed by atoms with Crippen molar-refractivity contribution in [2.75, 3.05) is 18.5 Å². The number of amides is 1. The topological polar surface area (TPSA) is 81.9 Å². The average molecular weight is 231 g/mol. The number of aromatic nitrogens is 2. The zero-order chi connectivity index (χ0) is 12.3. The highest BCUT2D eigenvalue weighted by Crippen LogP contribution is 2.25. The largest absolute Gasteiger partial charge is 0.357 e. The van der Waals surface area contributed by atoms with Crippen molar-refractivity contribution >= 4 is 11.7 Å². The summed E-state index contributed by atoms with van der Waals surface area (Å²) in [6, 6.07) is 1.76. The van der Waals surface area contributed by atoms with Gasteiger partial charge in [-0.15, -0.1) is 0 Å². The molecule has 0 aromatic carbocycles. The van der Waals surface area contributed by atoms with Gasteiger partial charge in [-0.05, 0) is 12.8 Å². The molecule has 0 aliphatic carbocycles. The molecule has 0 saturated carbocycles. The standard InChI is InChI=1S/C11H13N5O/c1-13-11(17)9-3-2-6-16(9)10-8(7-12)14-4-5-15-10/h4-5,9H,2-3,6H2,1H3,(H,13,17). The van der Waals surface area contributed by atoms with E-state index in [1.165, 1.54) is 12.4 Å². The number of rotatable bonds is 2. The fourth-order valence-corrected chi connectivity index (χ4v) is 2.08. The van der Waals surface area contributed by atoms with E-state index in [1.807, 2.05) is 11.0 Å². The molecule has 6 nitrogen and oxygen atoms in total. The number of nitrogens with zero attached hydrogens (tertiary/aromatic N) is 4. The van der Waals surface area contributed by atoms with Crippen LogP contribution in [0.25, 0.3) is 0 Å². The molecule has 0 radical (unpaired) electrons. The first-order chi connectivity index (χ1) is 8.27. The molecule has 1 aromatic heterocycles. The van der Waals surface area contributed by atoms with Gasteiger partial charge in [-0.2, -0.15) is 5.26 Å². The molecule has 2 heterocycles. The summed E-state index contributed by atoms with van der Waals surface area (Å²) in [7, 11) is 1.61. The molecule has 1 fully saturated rings. The summed E-state index contributed by atoms with van der Waals surface area (Å²) >= 11 is 0. The molecule has 6 heteroatoms. The molecule has 1 N–H and O–H groups in total. The van der Waals surface area contributed by atoms with Gasteiger partial charge in [0.25, 0.3) is 0 Å². The van der Waals surface area contributed by atoms with Crippen LogP contribution in [0.1, 0.15) is 18.5 Å². The Balaban J connectivity index is 2.33. The molecule has 2 rings (SSSR count). The average Bonchev–Trinajstić information content (AvgIpc) is 2.86. The summed E-state index contributed by atoms with van der Waals surface area (Å²) in [5.74, 6) is 0.457. The zero-order valence-electron chi connectivity index (χ0n) is 9.55. The Labute approximate surface area is 99.3 Å². The maximum absolute atomic E-state index is 11.7. The van der Waals surface area contributed by atoms with Crippen molar-refractivity contribution in [2.24, 2.45) is 0 Å². The lowest BCUT2D eigenvalue weighted by Crippen LogP contribution is -2.42. The molecule has 1 aliphatic heterocycles. The van der Waals surface area contributed by atoms with E-state index >= 15 is 0 Å². The third-order valence-electron chi connectivity index (χ3n) is 2.86. The maximum Gasteiger partial charge on any atom is 0.242 e. The fraction of sp³-hybridized carbons (Fsp3) is 0.455. The monoisotopic (exact) mass is 231 g/mol. The highest BCUT2D eigenvalue weighted by Gasteiger charge is 2.32. The molecule has 1 aliphatic rings. The van der Waals surface area contributed by atoms with Crippen molar-refractivity contribution in [3.8, 4) is 6.07 Å². The normalized spacial score (nSPS) is 18.8. The van der Waals surface area contributed by atoms with Gasteiger partial charge in [-0.1, -0.05) is 0 Å². The van der Waals surface area contributed by atoms with Gasteiger partial charge in [0.15, 0.2) is 11.5 Å². The van der Waals surface area contributed by atoms with Gasteiger partial charge >= 0.3 is 0 Å². The van der Waals surface area contributed by atoms with Crippen molar-refractivity contribution in [3.63, 3.8) is 0 Å². The van der Waals surface area contributed by atoms with Gasteiger partial charge in [0, 0.05) is 26.0 Å². The second-order valence-corrected chi connectivity index (χ2v) is 3.81. The number of carbonyl (C=O) groups is 1. The van der Waals surface area contributed by atoms with Gasteiger partial charge in [-0.25, -0.2) is 9.97 Å². The zero-order valence-corrected chi connectivity index (χ0v) is 9.55. The highest BCUT2D eigenvalue weighted by atomic mass is 16.2. The van der Waals surface area contributed by atoms with Crippen LogP contribution in [0.2, 0.25) is 0 Å². The molecule has 1 unspecified atom stereocenters. The van der Waals surface area contributed by atoms with Crippen LogP contribution < -0.4 is 10.2 Å². The van der Waals surface area contributed by atoms with E-state index in [0.29, 0.717) is 5.82 Å². The Kier molecular flexibility index (Phi) is 3.19. The molecular formula is C11H13N5O. The molecular weight excluding hydrogens is 218 g/mol. The Bertz CT molecular complexity index is 467. The van der Waals surface area contributed by atoms with E-state index in [0.717, 1.165) is 19.4 Å². The summed E-state index contributed by atoms with van der Waals surface area (Å²) in [5, 5.41) is 11.6. The summed E-state index contributed by atoms with van der Waals surface area (Å²) in [6.45, 7) is 0.728. The predicted molar refractivity (Wildman–Crippen MR) is 61.2 cm³/mol. The minimum absolute atomic E-state index is 0.0444. The van der Waals surface area contributed by atoms with Gasteiger partial charge in [-0.3, -0.25) is 4.79 Å². The third kappa shape index (κ3) is 2.04. The Hall–Kier alpha value is -2.16. The summed E-state index contributed by atoms with van der Waals surface area (Å²) in [4.78, 5) is 21.7. The minimum Gasteiger partial charge on any atom is -0.357 e. The smallest absolute Gasteiger partial charge is 0.242 e. The van der Waals surface area contributed by atoms with Crippen LogP contribution in [-0.4, -0.2) is 35.5 Å². The molecule has 0 spiro atoms. The molecule has 17 heavy (non-hydrogen) atoms. The molecule has 88 valence electrons. The number of likely N-dealkylation sites (N-methyl/N-ethyl adjacent to an activating group) is 1. The second kappa shape index (κ2) is 4.78. The first-order valence-corrected chi connectivity index (χ1v) is 5.47. The van der Waals surface area contributed by atoms with Crippen LogP contribution in [0.15, 0.2) is 12.4 Å². The summed E-state index contributed by atoms with van der Waals surface area (Å²) in [6.07, 6.45) is 4.71. The molecule has 1 saturated heterocycles. The van der Waals surface area contributed by atoms with E-state index < -0.39 is 0 Å². The summed E-state index contributed by atoms with van der Waals surface area (Å²) in [5.41, 5.74) is 0.267. The van der Waals surface area contributed by atoms with Crippen molar-refractivity contribution in [1.29, 1.82) is 5.26 Å². The van der Waals surface area contributed by atoms with Crippen molar-refractivity contribution in [1.82, 2.24) is 15.3 Å². The van der Waals surface area contributed by atoms with Gasteiger partial charge in [0.2, 0.25) is 5.91 Å². The lowest BCUT2D eigenvalue weighted by molar-refractivity contribution is -0.121. The van der Waals surface area contributed by atoms with Crippen LogP contribution in [0, 0.1) is 11.3 Å². The quantitative estimate of drug-likeness (QED) is 0.778. The molecule has 1 atom stereocenters. The SMILES string of the molecule is CNC(=O)C1CCCN1c1nccnc1C#N. The van der Waals surface area contributed by atoms with Crippen LogP contribution >= 0.6 is 0 Å². The third-order valence-corrected chi connectivity index (χ3v) is 2.86. The number of hydrogen-bond acceptors (Lipinski definition) is 5. The Morgan fingerprint density at radius 3 is 3.06 bits per heavy atom. The van der Waals surface area contributed by atoms with Crippen molar-refractivity contribution in [3.05, 3.63) is 18.1 Å². The Morgan fingerprint density at radius 1 is 1.59 bits per heavy atom. The first kappa shape index (κ1) is 11.3. The van der Waals surface area contributed by atoms with Crippen LogP contribution in [-0.2, 0) is 4.79 Å². The van der Waals surface area contributed by atoms with Crippen molar-refractivity contribution < 1.29 is 4.79 Å². The van der Waals surface area contributed by atoms with Crippen LogP contribution in [0.4, 0.5) is 5.82 Å². The van der Waals surface area contributed by atoms with Gasteiger partial charge in [0.1, 0.15) is 12.1 Å². The van der Waals surface area contributed by atoms with Gasteiger partial charge < -0.3 is 10.2 Å². The maximum atomic E-state index is 11.7. The Morgan fingerprint density at radius 2 is 2.35 bits per heavy atom. The van der Waals surface area contributed by atoms with E-state index in [1.54, 1.807) is 7.05 Å². The number of anilines is 1. The lowest BCUT2D eigenvalue weighted by atomic mass is 10.2. The fourth-order valence-electron chi connectivity index (χ4n) is 2.08. The highest BCUT2D eigenvalue weighted by molar-refractivity contribution is 5.85. The number of hydrogen-bond donors (Lipinski definition) is 1. The van der Waals surface area contributed by atoms with E-state index in [4.69, 9.17) is 5.26 Å². The molecule has 1 aromatic rings. The van der Waals surface area contributed by atoms with E-state index in [-0.39, 0.29) is 17.6 Å². The number of carbonyl (C=O) groups excluding carboxylic acids is 1. The van der Waals surface area contributed by atoms with E-state index in [9.17, 15) is 4.79 Å². The van der Waals surface area contributed by atoms with E-state index in [2.05, 4.69) is 15.3 Å². The van der Waals surface area contributed by atoms with Gasteiger partial charge in [0.05, 0.1) is 0 Å². The lowest BCUT2D eigenvalue weighted by Gasteiger charge is -2.24.